The number of para-hydroxylation sites is 1. The number of ether oxygens (including phenoxy) is 3. The Labute approximate surface area is 138 Å². The monoisotopic (exact) mass is 327 g/mol. The minimum Gasteiger partial charge on any atom is -0.493 e. The first-order valence-electron chi connectivity index (χ1n) is 7.25. The summed E-state index contributed by atoms with van der Waals surface area (Å²) in [6, 6.07) is 11.6. The van der Waals surface area contributed by atoms with Crippen molar-refractivity contribution >= 4 is 10.9 Å². The fourth-order valence-corrected chi connectivity index (χ4v) is 2.75. The van der Waals surface area contributed by atoms with Crippen LogP contribution < -0.4 is 19.6 Å². The zero-order valence-corrected chi connectivity index (χ0v) is 13.6. The maximum absolute atomic E-state index is 12.4. The molecule has 0 unspecified atom stereocenters. The lowest BCUT2D eigenvalue weighted by molar-refractivity contribution is 0.202. The van der Waals surface area contributed by atoms with E-state index < -0.39 is 0 Å². The summed E-state index contributed by atoms with van der Waals surface area (Å²) in [7, 11) is 4.51. The van der Waals surface area contributed by atoms with E-state index >= 15 is 0 Å². The Morgan fingerprint density at radius 2 is 1.62 bits per heavy atom. The largest absolute Gasteiger partial charge is 0.493 e. The number of rotatable bonds is 4. The van der Waals surface area contributed by atoms with Crippen molar-refractivity contribution in [2.45, 2.75) is 0 Å². The molecule has 0 aliphatic carbocycles. The zero-order valence-electron chi connectivity index (χ0n) is 13.6. The smallest absolute Gasteiger partial charge is 0.203 e. The quantitative estimate of drug-likeness (QED) is 0.746. The predicted octanol–water partition coefficient (Wildman–Crippen LogP) is 2.93. The van der Waals surface area contributed by atoms with Crippen LogP contribution in [0.4, 0.5) is 0 Å². The van der Waals surface area contributed by atoms with E-state index in [1.54, 1.807) is 36.4 Å². The summed E-state index contributed by atoms with van der Waals surface area (Å²) in [5, 5.41) is 11.0. The molecule has 1 heterocycles. The third-order valence-corrected chi connectivity index (χ3v) is 3.87. The molecule has 0 amide bonds. The van der Waals surface area contributed by atoms with Crippen molar-refractivity contribution in [2.24, 2.45) is 0 Å². The first-order chi connectivity index (χ1) is 11.6. The lowest BCUT2D eigenvalue weighted by Crippen LogP contribution is -2.10. The number of hydrogen-bond donors (Lipinski definition) is 1. The molecule has 0 aliphatic heterocycles. The second-order valence-electron chi connectivity index (χ2n) is 5.10. The van der Waals surface area contributed by atoms with Crippen LogP contribution in [0.15, 0.2) is 47.3 Å². The van der Waals surface area contributed by atoms with Crippen LogP contribution in [-0.2, 0) is 0 Å². The molecule has 3 aromatic rings. The highest BCUT2D eigenvalue weighted by Crippen LogP contribution is 2.44. The predicted molar refractivity (Wildman–Crippen MR) is 90.5 cm³/mol. The third-order valence-electron chi connectivity index (χ3n) is 3.87. The summed E-state index contributed by atoms with van der Waals surface area (Å²) in [5.74, 6) is 1.25. The normalized spacial score (nSPS) is 10.6. The molecule has 0 saturated carbocycles. The number of fused-ring (bicyclic) bond motifs is 1. The minimum absolute atomic E-state index is 0.192. The second-order valence-corrected chi connectivity index (χ2v) is 5.10. The average Bonchev–Trinajstić information content (AvgIpc) is 2.63. The van der Waals surface area contributed by atoms with Crippen LogP contribution in [0.25, 0.3) is 22.2 Å². The first kappa shape index (κ1) is 15.7. The SMILES string of the molecule is COc1ccc(-c2cc(=O)c3ccccc3n2O)c(OC)c1OC. The molecule has 0 aliphatic rings. The van der Waals surface area contributed by atoms with E-state index in [9.17, 15) is 10.0 Å². The summed E-state index contributed by atoms with van der Waals surface area (Å²) in [4.78, 5) is 12.4. The van der Waals surface area contributed by atoms with Crippen LogP contribution in [0.3, 0.4) is 0 Å². The molecular weight excluding hydrogens is 310 g/mol. The Hall–Kier alpha value is -3.15. The molecule has 0 bridgehead atoms. The molecule has 6 heteroatoms. The molecule has 124 valence electrons. The van der Waals surface area contributed by atoms with Gasteiger partial charge in [-0.15, -0.1) is 0 Å². The van der Waals surface area contributed by atoms with Crippen molar-refractivity contribution in [2.75, 3.05) is 21.3 Å². The van der Waals surface area contributed by atoms with Gasteiger partial charge in [0.05, 0.1) is 32.5 Å². The Morgan fingerprint density at radius 3 is 2.29 bits per heavy atom. The van der Waals surface area contributed by atoms with Crippen molar-refractivity contribution in [3.05, 3.63) is 52.7 Å². The van der Waals surface area contributed by atoms with Crippen LogP contribution in [0.1, 0.15) is 0 Å². The second kappa shape index (κ2) is 6.16. The summed E-state index contributed by atoms with van der Waals surface area (Å²) < 4.78 is 17.0. The minimum atomic E-state index is -0.192. The number of benzene rings is 2. The molecule has 1 aromatic heterocycles. The molecule has 6 nitrogen and oxygen atoms in total. The maximum atomic E-state index is 12.4. The van der Waals surface area contributed by atoms with E-state index in [-0.39, 0.29) is 5.43 Å². The Kier molecular flexibility index (Phi) is 4.04. The standard InChI is InChI=1S/C18H17NO5/c1-22-16-9-8-12(17(23-2)18(16)24-3)14-10-15(20)11-6-4-5-7-13(11)19(14)21/h4-10,21H,1-3H3. The van der Waals surface area contributed by atoms with Crippen molar-refractivity contribution in [1.82, 2.24) is 4.73 Å². The van der Waals surface area contributed by atoms with E-state index in [0.29, 0.717) is 39.4 Å². The average molecular weight is 327 g/mol. The van der Waals surface area contributed by atoms with Crippen molar-refractivity contribution < 1.29 is 19.4 Å². The maximum Gasteiger partial charge on any atom is 0.203 e. The molecule has 0 atom stereocenters. The van der Waals surface area contributed by atoms with Gasteiger partial charge < -0.3 is 19.4 Å². The van der Waals surface area contributed by atoms with Crippen molar-refractivity contribution in [3.63, 3.8) is 0 Å². The van der Waals surface area contributed by atoms with Gasteiger partial charge in [-0.2, -0.15) is 4.73 Å². The number of nitrogens with zero attached hydrogens (tertiary/aromatic N) is 1. The topological polar surface area (TPSA) is 69.9 Å². The Bertz CT molecular complexity index is 962. The fraction of sp³-hybridized carbons (Fsp3) is 0.167. The summed E-state index contributed by atoms with van der Waals surface area (Å²) in [6.07, 6.45) is 0. The van der Waals surface area contributed by atoms with Crippen molar-refractivity contribution in [1.29, 1.82) is 0 Å². The molecule has 0 radical (unpaired) electrons. The van der Waals surface area contributed by atoms with Gasteiger partial charge in [0.1, 0.15) is 0 Å². The Balaban J connectivity index is 2.36. The van der Waals surface area contributed by atoms with E-state index in [1.165, 1.54) is 27.4 Å². The number of pyridine rings is 1. The van der Waals surface area contributed by atoms with Crippen LogP contribution in [0, 0.1) is 0 Å². The van der Waals surface area contributed by atoms with Gasteiger partial charge >= 0.3 is 0 Å². The molecule has 0 spiro atoms. The van der Waals surface area contributed by atoms with Crippen LogP contribution in [-0.4, -0.2) is 31.3 Å². The van der Waals surface area contributed by atoms with E-state index in [0.717, 1.165) is 4.73 Å². The lowest BCUT2D eigenvalue weighted by atomic mass is 10.1. The van der Waals surface area contributed by atoms with Crippen molar-refractivity contribution in [3.8, 4) is 28.5 Å². The third kappa shape index (κ3) is 2.32. The zero-order chi connectivity index (χ0) is 17.3. The summed E-state index contributed by atoms with van der Waals surface area (Å²) in [6.45, 7) is 0. The van der Waals surface area contributed by atoms with Gasteiger partial charge in [-0.3, -0.25) is 4.79 Å². The van der Waals surface area contributed by atoms with Crippen LogP contribution in [0.5, 0.6) is 17.2 Å². The van der Waals surface area contributed by atoms with Crippen LogP contribution >= 0.6 is 0 Å². The van der Waals surface area contributed by atoms with Gasteiger partial charge in [0.25, 0.3) is 0 Å². The first-order valence-corrected chi connectivity index (χ1v) is 7.25. The Morgan fingerprint density at radius 1 is 0.917 bits per heavy atom. The van der Waals surface area contributed by atoms with E-state index in [4.69, 9.17) is 14.2 Å². The van der Waals surface area contributed by atoms with Gasteiger partial charge in [0.15, 0.2) is 16.9 Å². The van der Waals surface area contributed by atoms with Gasteiger partial charge in [0, 0.05) is 17.0 Å². The van der Waals surface area contributed by atoms with E-state index in [1.807, 2.05) is 0 Å². The highest BCUT2D eigenvalue weighted by Gasteiger charge is 2.20. The highest BCUT2D eigenvalue weighted by atomic mass is 16.5. The molecule has 1 N–H and O–H groups in total. The molecule has 2 aromatic carbocycles. The molecule has 24 heavy (non-hydrogen) atoms. The van der Waals surface area contributed by atoms with E-state index in [2.05, 4.69) is 0 Å². The number of aromatic nitrogens is 1. The van der Waals surface area contributed by atoms with Gasteiger partial charge in [-0.25, -0.2) is 0 Å². The molecule has 0 saturated heterocycles. The molecule has 0 fully saturated rings. The number of methoxy groups -OCH3 is 3. The van der Waals surface area contributed by atoms with Gasteiger partial charge in [-0.05, 0) is 24.3 Å². The van der Waals surface area contributed by atoms with Crippen LogP contribution in [0.2, 0.25) is 0 Å². The van der Waals surface area contributed by atoms with Gasteiger partial charge in [-0.1, -0.05) is 12.1 Å². The fourth-order valence-electron chi connectivity index (χ4n) is 2.75. The highest BCUT2D eigenvalue weighted by molar-refractivity contribution is 5.84. The van der Waals surface area contributed by atoms with Gasteiger partial charge in [0.2, 0.25) is 5.75 Å². The lowest BCUT2D eigenvalue weighted by Gasteiger charge is -2.17. The summed E-state index contributed by atoms with van der Waals surface area (Å²) >= 11 is 0. The summed E-state index contributed by atoms with van der Waals surface area (Å²) in [5.41, 5.74) is 1.04. The molecular formula is C18H17NO5. The molecule has 3 rings (SSSR count). The number of hydrogen-bond acceptors (Lipinski definition) is 5.